The summed E-state index contributed by atoms with van der Waals surface area (Å²) >= 11 is 0. The van der Waals surface area contributed by atoms with E-state index in [2.05, 4.69) is 82.0 Å². The van der Waals surface area contributed by atoms with Gasteiger partial charge < -0.3 is 14.2 Å². The summed E-state index contributed by atoms with van der Waals surface area (Å²) in [4.78, 5) is 2.48. The third kappa shape index (κ3) is 2.95. The lowest BCUT2D eigenvalue weighted by atomic mass is 9.79. The average Bonchev–Trinajstić information content (AvgIpc) is 3.08. The van der Waals surface area contributed by atoms with Crippen LogP contribution in [0.4, 0.5) is 5.69 Å². The van der Waals surface area contributed by atoms with Crippen LogP contribution >= 0.6 is 0 Å². The second kappa shape index (κ2) is 6.14. The molecule has 0 saturated carbocycles. The van der Waals surface area contributed by atoms with E-state index in [1.807, 2.05) is 0 Å². The number of anilines is 1. The Bertz CT molecular complexity index is 797. The number of rotatable bonds is 3. The fourth-order valence-electron chi connectivity index (χ4n) is 3.82. The molecule has 0 N–H and O–H groups in total. The predicted octanol–water partition coefficient (Wildman–Crippen LogP) is 3.86. The van der Waals surface area contributed by atoms with Crippen LogP contribution in [0.15, 0.2) is 42.5 Å². The van der Waals surface area contributed by atoms with Crippen molar-refractivity contribution in [2.75, 3.05) is 11.4 Å². The van der Waals surface area contributed by atoms with E-state index in [1.165, 1.54) is 22.4 Å². The topological polar surface area (TPSA) is 21.7 Å². The highest BCUT2D eigenvalue weighted by Crippen LogP contribution is 2.36. The normalized spacial score (nSPS) is 20.5. The molecule has 2 aliphatic rings. The van der Waals surface area contributed by atoms with Crippen LogP contribution < -0.4 is 10.4 Å². The molecule has 1 fully saturated rings. The second-order valence-electron chi connectivity index (χ2n) is 8.57. The molecule has 0 aliphatic carbocycles. The van der Waals surface area contributed by atoms with E-state index < -0.39 is 0 Å². The minimum atomic E-state index is -0.298. The number of nitrogens with zero attached hydrogens (tertiary/aromatic N) is 1. The van der Waals surface area contributed by atoms with Gasteiger partial charge in [-0.3, -0.25) is 0 Å². The Hall–Kier alpha value is -1.78. The molecule has 1 saturated heterocycles. The Morgan fingerprint density at radius 1 is 0.962 bits per heavy atom. The lowest BCUT2D eigenvalue weighted by Gasteiger charge is -2.32. The number of aryl methyl sites for hydroxylation is 1. The van der Waals surface area contributed by atoms with Crippen LogP contribution in [0.3, 0.4) is 0 Å². The summed E-state index contributed by atoms with van der Waals surface area (Å²) in [5, 5.41) is 0. The van der Waals surface area contributed by atoms with Crippen LogP contribution in [-0.4, -0.2) is 24.9 Å². The van der Waals surface area contributed by atoms with Crippen molar-refractivity contribution < 1.29 is 9.31 Å². The Balaban J connectivity index is 1.48. The molecule has 26 heavy (non-hydrogen) atoms. The number of hydrogen-bond acceptors (Lipinski definition) is 3. The first-order valence-corrected chi connectivity index (χ1v) is 9.55. The Morgan fingerprint density at radius 2 is 1.62 bits per heavy atom. The molecule has 2 aromatic carbocycles. The Morgan fingerprint density at radius 3 is 2.27 bits per heavy atom. The molecule has 2 aliphatic heterocycles. The van der Waals surface area contributed by atoms with Gasteiger partial charge in [0.05, 0.1) is 11.2 Å². The van der Waals surface area contributed by atoms with Gasteiger partial charge in [0.2, 0.25) is 0 Å². The van der Waals surface area contributed by atoms with Gasteiger partial charge in [-0.15, -0.1) is 0 Å². The van der Waals surface area contributed by atoms with Crippen LogP contribution in [-0.2, 0) is 22.3 Å². The molecule has 0 atom stereocenters. The summed E-state index contributed by atoms with van der Waals surface area (Å²) in [7, 11) is -0.288. The van der Waals surface area contributed by atoms with Crippen LogP contribution in [0.25, 0.3) is 0 Å². The fraction of sp³-hybridized carbons (Fsp3) is 0.455. The smallest absolute Gasteiger partial charge is 0.399 e. The van der Waals surface area contributed by atoms with E-state index in [-0.39, 0.29) is 18.3 Å². The first kappa shape index (κ1) is 17.6. The van der Waals surface area contributed by atoms with Gasteiger partial charge >= 0.3 is 7.12 Å². The maximum absolute atomic E-state index is 6.15. The highest BCUT2D eigenvalue weighted by atomic mass is 16.7. The molecule has 0 radical (unpaired) electrons. The second-order valence-corrected chi connectivity index (χ2v) is 8.57. The minimum absolute atomic E-state index is 0.288. The van der Waals surface area contributed by atoms with Crippen molar-refractivity contribution in [2.24, 2.45) is 0 Å². The van der Waals surface area contributed by atoms with Crippen molar-refractivity contribution in [1.29, 1.82) is 0 Å². The standard InChI is InChI=1S/C22H28BNO2/c1-16-7-6-8-20-19(16)13-14-24(20)15-17-9-11-18(12-10-17)23-25-21(2,3)22(4,5)26-23/h6-12H,13-15H2,1-5H3. The van der Waals surface area contributed by atoms with Crippen molar-refractivity contribution in [3.8, 4) is 0 Å². The first-order chi connectivity index (χ1) is 12.3. The van der Waals surface area contributed by atoms with Crippen molar-refractivity contribution in [2.45, 2.75) is 58.8 Å². The molecule has 0 amide bonds. The quantitative estimate of drug-likeness (QED) is 0.786. The summed E-state index contributed by atoms with van der Waals surface area (Å²) in [6, 6.07) is 15.3. The van der Waals surface area contributed by atoms with Gasteiger partial charge in [0.15, 0.2) is 0 Å². The molecule has 0 bridgehead atoms. The highest BCUT2D eigenvalue weighted by Gasteiger charge is 2.51. The summed E-state index contributed by atoms with van der Waals surface area (Å²) in [6.45, 7) is 12.6. The number of fused-ring (bicyclic) bond motifs is 1. The molecule has 2 aromatic rings. The molecule has 0 aromatic heterocycles. The molecule has 0 unspecified atom stereocenters. The lowest BCUT2D eigenvalue weighted by Crippen LogP contribution is -2.41. The molecule has 3 nitrogen and oxygen atoms in total. The average molecular weight is 349 g/mol. The molecular weight excluding hydrogens is 321 g/mol. The summed E-state index contributed by atoms with van der Waals surface area (Å²) in [6.07, 6.45) is 1.15. The van der Waals surface area contributed by atoms with E-state index in [9.17, 15) is 0 Å². The largest absolute Gasteiger partial charge is 0.494 e. The third-order valence-corrected chi connectivity index (χ3v) is 6.24. The molecule has 136 valence electrons. The van der Waals surface area contributed by atoms with E-state index in [0.29, 0.717) is 0 Å². The monoisotopic (exact) mass is 349 g/mol. The summed E-state index contributed by atoms with van der Waals surface area (Å²) in [5.74, 6) is 0. The Labute approximate surface area is 157 Å². The molecule has 2 heterocycles. The Kier molecular flexibility index (Phi) is 4.16. The fourth-order valence-corrected chi connectivity index (χ4v) is 3.82. The van der Waals surface area contributed by atoms with Crippen molar-refractivity contribution in [3.63, 3.8) is 0 Å². The van der Waals surface area contributed by atoms with Gasteiger partial charge in [-0.25, -0.2) is 0 Å². The summed E-state index contributed by atoms with van der Waals surface area (Å²) < 4.78 is 12.3. The molecular formula is C22H28BNO2. The van der Waals surface area contributed by atoms with Crippen LogP contribution in [0, 0.1) is 6.92 Å². The first-order valence-electron chi connectivity index (χ1n) is 9.55. The van der Waals surface area contributed by atoms with Crippen molar-refractivity contribution >= 4 is 18.3 Å². The van der Waals surface area contributed by atoms with Gasteiger partial charge in [0.25, 0.3) is 0 Å². The van der Waals surface area contributed by atoms with Crippen LogP contribution in [0.1, 0.15) is 44.4 Å². The van der Waals surface area contributed by atoms with Crippen molar-refractivity contribution in [1.82, 2.24) is 0 Å². The zero-order valence-electron chi connectivity index (χ0n) is 16.5. The minimum Gasteiger partial charge on any atom is -0.399 e. The van der Waals surface area contributed by atoms with E-state index in [1.54, 1.807) is 0 Å². The van der Waals surface area contributed by atoms with E-state index in [4.69, 9.17) is 9.31 Å². The van der Waals surface area contributed by atoms with E-state index >= 15 is 0 Å². The maximum atomic E-state index is 6.15. The zero-order chi connectivity index (χ0) is 18.5. The van der Waals surface area contributed by atoms with Gasteiger partial charge in [0, 0.05) is 18.8 Å². The molecule has 0 spiro atoms. The maximum Gasteiger partial charge on any atom is 0.494 e. The van der Waals surface area contributed by atoms with Gasteiger partial charge in [-0.2, -0.15) is 0 Å². The predicted molar refractivity (Wildman–Crippen MR) is 108 cm³/mol. The van der Waals surface area contributed by atoms with Crippen molar-refractivity contribution in [3.05, 3.63) is 59.2 Å². The van der Waals surface area contributed by atoms with Crippen LogP contribution in [0.2, 0.25) is 0 Å². The van der Waals surface area contributed by atoms with Gasteiger partial charge in [-0.05, 0) is 69.3 Å². The SMILES string of the molecule is Cc1cccc2c1CCN2Cc1ccc(B2OC(C)(C)C(C)(C)O2)cc1. The van der Waals surface area contributed by atoms with Gasteiger partial charge in [0.1, 0.15) is 0 Å². The third-order valence-electron chi connectivity index (χ3n) is 6.24. The number of benzene rings is 2. The number of hydrogen-bond donors (Lipinski definition) is 0. The van der Waals surface area contributed by atoms with E-state index in [0.717, 1.165) is 25.0 Å². The molecule has 4 rings (SSSR count). The highest BCUT2D eigenvalue weighted by molar-refractivity contribution is 6.62. The van der Waals surface area contributed by atoms with Gasteiger partial charge in [-0.1, -0.05) is 36.4 Å². The molecule has 4 heteroatoms. The zero-order valence-corrected chi connectivity index (χ0v) is 16.5. The summed E-state index contributed by atoms with van der Waals surface area (Å²) in [5.41, 5.74) is 6.10. The lowest BCUT2D eigenvalue weighted by molar-refractivity contribution is 0.00578. The van der Waals surface area contributed by atoms with Crippen LogP contribution in [0.5, 0.6) is 0 Å².